The third kappa shape index (κ3) is 6.50. The molecule has 0 radical (unpaired) electrons. The third-order valence-corrected chi connectivity index (χ3v) is 7.16. The van der Waals surface area contributed by atoms with Crippen molar-refractivity contribution in [1.82, 2.24) is 0 Å². The fraction of sp³-hybridized carbons (Fsp3) is 1.00. The largest absolute Gasteiger partial charge is 0.393 e. The molecule has 0 spiro atoms. The van der Waals surface area contributed by atoms with E-state index in [-0.39, 0.29) is 24.4 Å². The van der Waals surface area contributed by atoms with Crippen LogP contribution in [0.25, 0.3) is 0 Å². The van der Waals surface area contributed by atoms with Gasteiger partial charge < -0.3 is 20.4 Å². The van der Waals surface area contributed by atoms with E-state index in [2.05, 4.69) is 13.8 Å². The molecule has 0 bridgehead atoms. The molecule has 0 saturated heterocycles. The summed E-state index contributed by atoms with van der Waals surface area (Å²) in [4.78, 5) is 0. The van der Waals surface area contributed by atoms with Crippen molar-refractivity contribution < 1.29 is 20.4 Å². The van der Waals surface area contributed by atoms with Gasteiger partial charge in [0.2, 0.25) is 0 Å². The Morgan fingerprint density at radius 2 is 0.640 bits per heavy atom. The highest BCUT2D eigenvalue weighted by molar-refractivity contribution is 4.90. The van der Waals surface area contributed by atoms with Crippen molar-refractivity contribution in [3.05, 3.63) is 0 Å². The maximum atomic E-state index is 9.60. The predicted molar refractivity (Wildman–Crippen MR) is 100 cm³/mol. The summed E-state index contributed by atoms with van der Waals surface area (Å²) in [7, 11) is 0. The van der Waals surface area contributed by atoms with E-state index >= 15 is 0 Å². The number of hydrogen-bond donors (Lipinski definition) is 4. The van der Waals surface area contributed by atoms with Crippen molar-refractivity contribution in [3.63, 3.8) is 0 Å². The van der Waals surface area contributed by atoms with E-state index in [0.717, 1.165) is 63.2 Å². The molecule has 3 aliphatic carbocycles. The van der Waals surface area contributed by atoms with Gasteiger partial charge in [-0.3, -0.25) is 0 Å². The van der Waals surface area contributed by atoms with Gasteiger partial charge in [0.15, 0.2) is 0 Å². The van der Waals surface area contributed by atoms with Crippen LogP contribution in [0, 0.1) is 17.3 Å². The summed E-state index contributed by atoms with van der Waals surface area (Å²) in [5, 5.41) is 37.0. The summed E-state index contributed by atoms with van der Waals surface area (Å²) in [6.45, 7) is 4.83. The number of aliphatic hydroxyl groups excluding tert-OH is 4. The quantitative estimate of drug-likeness (QED) is 0.611. The highest BCUT2D eigenvalue weighted by atomic mass is 16.3. The summed E-state index contributed by atoms with van der Waals surface area (Å²) >= 11 is 0. The molecule has 0 atom stereocenters. The lowest BCUT2D eigenvalue weighted by molar-refractivity contribution is 0.00233. The van der Waals surface area contributed by atoms with Crippen molar-refractivity contribution in [3.8, 4) is 0 Å². The minimum Gasteiger partial charge on any atom is -0.393 e. The van der Waals surface area contributed by atoms with Crippen molar-refractivity contribution in [2.45, 2.75) is 115 Å². The molecule has 148 valence electrons. The Morgan fingerprint density at radius 1 is 0.440 bits per heavy atom. The van der Waals surface area contributed by atoms with Gasteiger partial charge in [-0.2, -0.15) is 0 Å². The molecule has 0 heterocycles. The van der Waals surface area contributed by atoms with E-state index in [1.807, 2.05) is 0 Å². The Kier molecular flexibility index (Phi) is 8.19. The van der Waals surface area contributed by atoms with Gasteiger partial charge in [0.25, 0.3) is 0 Å². The SMILES string of the molecule is CC(C)(C1CCC(O)CC1)C1CCC(O)CC1.OC1CCC(O)CC1. The van der Waals surface area contributed by atoms with E-state index < -0.39 is 0 Å². The van der Waals surface area contributed by atoms with Gasteiger partial charge in [0, 0.05) is 0 Å². The molecule has 0 aromatic rings. The van der Waals surface area contributed by atoms with Crippen LogP contribution >= 0.6 is 0 Å². The van der Waals surface area contributed by atoms with Crippen LogP contribution in [-0.4, -0.2) is 44.8 Å². The van der Waals surface area contributed by atoms with Crippen molar-refractivity contribution >= 4 is 0 Å². The molecule has 0 unspecified atom stereocenters. The third-order valence-electron chi connectivity index (χ3n) is 7.16. The van der Waals surface area contributed by atoms with Crippen LogP contribution in [0.3, 0.4) is 0 Å². The molecule has 3 fully saturated rings. The smallest absolute Gasteiger partial charge is 0.0542 e. The molecule has 0 aromatic carbocycles. The normalized spacial score (nSPS) is 40.1. The van der Waals surface area contributed by atoms with E-state index in [0.29, 0.717) is 5.41 Å². The number of rotatable bonds is 2. The van der Waals surface area contributed by atoms with Crippen LogP contribution in [0.4, 0.5) is 0 Å². The minimum atomic E-state index is -0.140. The average molecular weight is 357 g/mol. The van der Waals surface area contributed by atoms with Crippen molar-refractivity contribution in [2.24, 2.45) is 17.3 Å². The zero-order valence-electron chi connectivity index (χ0n) is 16.2. The fourth-order valence-electron chi connectivity index (χ4n) is 5.03. The first-order chi connectivity index (χ1) is 11.8. The average Bonchev–Trinajstić information content (AvgIpc) is 2.59. The second kappa shape index (κ2) is 9.68. The Balaban J connectivity index is 0.000000236. The van der Waals surface area contributed by atoms with Gasteiger partial charge in [-0.15, -0.1) is 0 Å². The Labute approximate surface area is 153 Å². The van der Waals surface area contributed by atoms with E-state index in [9.17, 15) is 10.2 Å². The molecule has 3 aliphatic rings. The van der Waals surface area contributed by atoms with Crippen molar-refractivity contribution in [2.75, 3.05) is 0 Å². The van der Waals surface area contributed by atoms with Gasteiger partial charge in [-0.1, -0.05) is 13.8 Å². The zero-order valence-corrected chi connectivity index (χ0v) is 16.2. The van der Waals surface area contributed by atoms with E-state index in [1.54, 1.807) is 0 Å². The maximum Gasteiger partial charge on any atom is 0.0542 e. The molecule has 25 heavy (non-hydrogen) atoms. The van der Waals surface area contributed by atoms with E-state index in [4.69, 9.17) is 10.2 Å². The van der Waals surface area contributed by atoms with Gasteiger partial charge >= 0.3 is 0 Å². The Hall–Kier alpha value is -0.160. The number of hydrogen-bond acceptors (Lipinski definition) is 4. The van der Waals surface area contributed by atoms with Crippen LogP contribution in [0.15, 0.2) is 0 Å². The highest BCUT2D eigenvalue weighted by Crippen LogP contribution is 2.48. The van der Waals surface area contributed by atoms with E-state index in [1.165, 1.54) is 25.7 Å². The van der Waals surface area contributed by atoms with Gasteiger partial charge in [0.1, 0.15) is 0 Å². The van der Waals surface area contributed by atoms with Crippen LogP contribution in [0.1, 0.15) is 90.9 Å². The first-order valence-electron chi connectivity index (χ1n) is 10.5. The fourth-order valence-corrected chi connectivity index (χ4v) is 5.03. The van der Waals surface area contributed by atoms with Crippen molar-refractivity contribution in [1.29, 1.82) is 0 Å². The molecule has 4 N–H and O–H groups in total. The molecule has 0 amide bonds. The molecule has 4 heteroatoms. The summed E-state index contributed by atoms with van der Waals surface area (Å²) in [6.07, 6.45) is 11.5. The van der Waals surface area contributed by atoms with Gasteiger partial charge in [-0.25, -0.2) is 0 Å². The van der Waals surface area contributed by atoms with Crippen LogP contribution in [-0.2, 0) is 0 Å². The first-order valence-corrected chi connectivity index (χ1v) is 10.5. The van der Waals surface area contributed by atoms with Crippen LogP contribution in [0.2, 0.25) is 0 Å². The van der Waals surface area contributed by atoms with Gasteiger partial charge in [0.05, 0.1) is 24.4 Å². The molecule has 3 saturated carbocycles. The van der Waals surface area contributed by atoms with Crippen LogP contribution in [0.5, 0.6) is 0 Å². The Morgan fingerprint density at radius 3 is 0.880 bits per heavy atom. The highest BCUT2D eigenvalue weighted by Gasteiger charge is 2.39. The molecular weight excluding hydrogens is 316 g/mol. The topological polar surface area (TPSA) is 80.9 Å². The second-order valence-corrected chi connectivity index (χ2v) is 9.29. The lowest BCUT2D eigenvalue weighted by Crippen LogP contribution is -2.38. The molecule has 0 aromatic heterocycles. The molecule has 0 aliphatic heterocycles. The standard InChI is InChI=1S/C15H28O2.C6H12O2/c1-15(2,11-3-7-13(16)8-4-11)12-5-9-14(17)10-6-12;7-5-1-2-6(8)4-3-5/h11-14,16-17H,3-10H2,1-2H3;5-8H,1-4H2. The molecule has 3 rings (SSSR count). The summed E-state index contributed by atoms with van der Waals surface area (Å²) < 4.78 is 0. The summed E-state index contributed by atoms with van der Waals surface area (Å²) in [5.74, 6) is 1.54. The lowest BCUT2D eigenvalue weighted by atomic mass is 9.60. The van der Waals surface area contributed by atoms with Crippen LogP contribution < -0.4 is 0 Å². The number of aliphatic hydroxyl groups is 4. The first kappa shape index (κ1) is 21.1. The zero-order chi connectivity index (χ0) is 18.4. The summed E-state index contributed by atoms with van der Waals surface area (Å²) in [5.41, 5.74) is 0.389. The predicted octanol–water partition coefficient (Wildman–Crippen LogP) is 3.40. The molecule has 4 nitrogen and oxygen atoms in total. The summed E-state index contributed by atoms with van der Waals surface area (Å²) in [6, 6.07) is 0. The second-order valence-electron chi connectivity index (χ2n) is 9.29. The Bertz CT molecular complexity index is 326. The molecular formula is C21H40O4. The van der Waals surface area contributed by atoms with Gasteiger partial charge in [-0.05, 0) is 94.3 Å². The lowest BCUT2D eigenvalue weighted by Gasteiger charge is -2.46. The minimum absolute atomic E-state index is 0.0461. The maximum absolute atomic E-state index is 9.60. The monoisotopic (exact) mass is 356 g/mol.